The zero-order valence-corrected chi connectivity index (χ0v) is 15.7. The molecule has 0 aliphatic rings. The molecule has 1 atom stereocenters. The van der Waals surface area contributed by atoms with Crippen LogP contribution in [0.5, 0.6) is 0 Å². The third kappa shape index (κ3) is 6.49. The van der Waals surface area contributed by atoms with Crippen LogP contribution in [0.4, 0.5) is 10.1 Å². The van der Waals surface area contributed by atoms with E-state index in [2.05, 4.69) is 10.6 Å². The van der Waals surface area contributed by atoms with E-state index < -0.39 is 6.04 Å². The van der Waals surface area contributed by atoms with Crippen LogP contribution >= 0.6 is 0 Å². The van der Waals surface area contributed by atoms with Crippen LogP contribution in [0.25, 0.3) is 0 Å². The molecule has 0 aliphatic heterocycles. The standard InChI is InChI=1S/C21H26FN3O2/c1-3-13-25(16(2)21(27)24-18-10-5-4-6-11-18)15-20(26)23-14-17-9-7-8-12-19(17)22/h4-12,16H,3,13-15H2,1-2H3,(H,23,26)(H,24,27). The zero-order chi connectivity index (χ0) is 19.6. The minimum Gasteiger partial charge on any atom is -0.351 e. The summed E-state index contributed by atoms with van der Waals surface area (Å²) < 4.78 is 13.6. The van der Waals surface area contributed by atoms with Gasteiger partial charge in [-0.3, -0.25) is 14.5 Å². The summed E-state index contributed by atoms with van der Waals surface area (Å²) in [6.07, 6.45) is 0.809. The number of hydrogen-bond donors (Lipinski definition) is 2. The summed E-state index contributed by atoms with van der Waals surface area (Å²) >= 11 is 0. The van der Waals surface area contributed by atoms with Crippen LogP contribution in [0.1, 0.15) is 25.8 Å². The molecule has 2 N–H and O–H groups in total. The molecule has 0 spiro atoms. The number of rotatable bonds is 9. The average Bonchev–Trinajstić information content (AvgIpc) is 2.67. The highest BCUT2D eigenvalue weighted by atomic mass is 19.1. The Morgan fingerprint density at radius 1 is 1.07 bits per heavy atom. The van der Waals surface area contributed by atoms with Gasteiger partial charge in [-0.15, -0.1) is 0 Å². The van der Waals surface area contributed by atoms with Crippen molar-refractivity contribution in [3.05, 3.63) is 66.0 Å². The van der Waals surface area contributed by atoms with Gasteiger partial charge in [0.05, 0.1) is 12.6 Å². The second-order valence-electron chi connectivity index (χ2n) is 6.37. The molecule has 0 bridgehead atoms. The fraction of sp³-hybridized carbons (Fsp3) is 0.333. The second-order valence-corrected chi connectivity index (χ2v) is 6.37. The lowest BCUT2D eigenvalue weighted by molar-refractivity contribution is -0.125. The van der Waals surface area contributed by atoms with E-state index in [1.165, 1.54) is 6.07 Å². The number of nitrogens with zero attached hydrogens (tertiary/aromatic N) is 1. The quantitative estimate of drug-likeness (QED) is 0.712. The number of hydrogen-bond acceptors (Lipinski definition) is 3. The number of nitrogens with one attached hydrogen (secondary N) is 2. The van der Waals surface area contributed by atoms with Crippen LogP contribution in [0, 0.1) is 5.82 Å². The highest BCUT2D eigenvalue weighted by Crippen LogP contribution is 2.09. The van der Waals surface area contributed by atoms with E-state index in [0.717, 1.165) is 12.1 Å². The molecule has 2 amide bonds. The average molecular weight is 371 g/mol. The van der Waals surface area contributed by atoms with Gasteiger partial charge in [0.15, 0.2) is 0 Å². The SMILES string of the molecule is CCCN(CC(=O)NCc1ccccc1F)C(C)C(=O)Nc1ccccc1. The number of para-hydroxylation sites is 1. The monoisotopic (exact) mass is 371 g/mol. The molecule has 27 heavy (non-hydrogen) atoms. The third-order valence-electron chi connectivity index (χ3n) is 4.26. The Morgan fingerprint density at radius 3 is 2.41 bits per heavy atom. The van der Waals surface area contributed by atoms with Gasteiger partial charge >= 0.3 is 0 Å². The number of amides is 2. The number of carbonyl (C=O) groups is 2. The van der Waals surface area contributed by atoms with E-state index in [9.17, 15) is 14.0 Å². The van der Waals surface area contributed by atoms with Crippen LogP contribution in [-0.4, -0.2) is 35.8 Å². The first-order valence-electron chi connectivity index (χ1n) is 9.11. The molecule has 1 unspecified atom stereocenters. The molecule has 2 aromatic rings. The maximum absolute atomic E-state index is 13.6. The number of halogens is 1. The van der Waals surface area contributed by atoms with Gasteiger partial charge < -0.3 is 10.6 Å². The Hall–Kier alpha value is -2.73. The van der Waals surface area contributed by atoms with Gasteiger partial charge in [-0.05, 0) is 38.1 Å². The summed E-state index contributed by atoms with van der Waals surface area (Å²) in [5.41, 5.74) is 1.15. The van der Waals surface area contributed by atoms with E-state index in [-0.39, 0.29) is 30.7 Å². The van der Waals surface area contributed by atoms with Gasteiger partial charge in [-0.25, -0.2) is 4.39 Å². The highest BCUT2D eigenvalue weighted by Gasteiger charge is 2.23. The van der Waals surface area contributed by atoms with Gasteiger partial charge in [0.1, 0.15) is 5.82 Å². The van der Waals surface area contributed by atoms with E-state index in [1.807, 2.05) is 42.2 Å². The summed E-state index contributed by atoms with van der Waals surface area (Å²) in [6, 6.07) is 15.1. The number of anilines is 1. The molecule has 2 aromatic carbocycles. The van der Waals surface area contributed by atoms with Gasteiger partial charge in [0.2, 0.25) is 11.8 Å². The molecule has 144 valence electrons. The van der Waals surface area contributed by atoms with Crippen molar-refractivity contribution < 1.29 is 14.0 Å². The number of benzene rings is 2. The van der Waals surface area contributed by atoms with E-state index in [0.29, 0.717) is 12.1 Å². The summed E-state index contributed by atoms with van der Waals surface area (Å²) in [5, 5.41) is 5.58. The fourth-order valence-electron chi connectivity index (χ4n) is 2.71. The maximum atomic E-state index is 13.6. The molecule has 0 aromatic heterocycles. The van der Waals surface area contributed by atoms with Crippen molar-refractivity contribution >= 4 is 17.5 Å². The van der Waals surface area contributed by atoms with Crippen LogP contribution in [0.2, 0.25) is 0 Å². The molecule has 0 fully saturated rings. The summed E-state index contributed by atoms with van der Waals surface area (Å²) in [5.74, 6) is -0.763. The summed E-state index contributed by atoms with van der Waals surface area (Å²) in [4.78, 5) is 26.6. The molecule has 0 heterocycles. The molecular formula is C21H26FN3O2. The van der Waals surface area contributed by atoms with Crippen LogP contribution < -0.4 is 10.6 Å². The maximum Gasteiger partial charge on any atom is 0.241 e. The first-order valence-corrected chi connectivity index (χ1v) is 9.11. The lowest BCUT2D eigenvalue weighted by atomic mass is 10.2. The number of carbonyl (C=O) groups excluding carboxylic acids is 2. The first-order chi connectivity index (χ1) is 13.0. The van der Waals surface area contributed by atoms with Gasteiger partial charge in [-0.2, -0.15) is 0 Å². The minimum absolute atomic E-state index is 0.0751. The van der Waals surface area contributed by atoms with Crippen molar-refractivity contribution in [2.45, 2.75) is 32.9 Å². The van der Waals surface area contributed by atoms with Crippen molar-refractivity contribution in [1.82, 2.24) is 10.2 Å². The Balaban J connectivity index is 1.91. The smallest absolute Gasteiger partial charge is 0.241 e. The Morgan fingerprint density at radius 2 is 1.74 bits per heavy atom. The van der Waals surface area contributed by atoms with Crippen molar-refractivity contribution in [2.24, 2.45) is 0 Å². The van der Waals surface area contributed by atoms with E-state index in [4.69, 9.17) is 0 Å². The normalized spacial score (nSPS) is 11.9. The third-order valence-corrected chi connectivity index (χ3v) is 4.26. The Bertz CT molecular complexity index is 752. The lowest BCUT2D eigenvalue weighted by Crippen LogP contribution is -2.47. The molecule has 6 heteroatoms. The van der Waals surface area contributed by atoms with E-state index >= 15 is 0 Å². The minimum atomic E-state index is -0.468. The second kappa shape index (κ2) is 10.4. The van der Waals surface area contributed by atoms with Crippen molar-refractivity contribution in [3.8, 4) is 0 Å². The summed E-state index contributed by atoms with van der Waals surface area (Å²) in [6.45, 7) is 4.57. The zero-order valence-electron chi connectivity index (χ0n) is 15.7. The van der Waals surface area contributed by atoms with Crippen molar-refractivity contribution in [1.29, 1.82) is 0 Å². The fourth-order valence-corrected chi connectivity index (χ4v) is 2.71. The molecule has 0 radical (unpaired) electrons. The molecular weight excluding hydrogens is 345 g/mol. The van der Waals surface area contributed by atoms with E-state index in [1.54, 1.807) is 25.1 Å². The Kier molecular flexibility index (Phi) is 7.95. The van der Waals surface area contributed by atoms with Gasteiger partial charge in [0.25, 0.3) is 0 Å². The predicted octanol–water partition coefficient (Wildman–Crippen LogP) is 3.18. The molecule has 2 rings (SSSR count). The van der Waals surface area contributed by atoms with Crippen LogP contribution in [0.3, 0.4) is 0 Å². The first kappa shape index (κ1) is 20.6. The largest absolute Gasteiger partial charge is 0.351 e. The lowest BCUT2D eigenvalue weighted by Gasteiger charge is -2.27. The predicted molar refractivity (Wildman–Crippen MR) is 105 cm³/mol. The van der Waals surface area contributed by atoms with Crippen molar-refractivity contribution in [2.75, 3.05) is 18.4 Å². The molecule has 5 nitrogen and oxygen atoms in total. The van der Waals surface area contributed by atoms with Gasteiger partial charge in [0, 0.05) is 17.8 Å². The Labute approximate surface area is 159 Å². The van der Waals surface area contributed by atoms with Crippen LogP contribution in [0.15, 0.2) is 54.6 Å². The highest BCUT2D eigenvalue weighted by molar-refractivity contribution is 5.94. The van der Waals surface area contributed by atoms with Crippen LogP contribution in [-0.2, 0) is 16.1 Å². The molecule has 0 aliphatic carbocycles. The molecule has 0 saturated carbocycles. The molecule has 0 saturated heterocycles. The van der Waals surface area contributed by atoms with Gasteiger partial charge in [-0.1, -0.05) is 43.3 Å². The topological polar surface area (TPSA) is 61.4 Å². The van der Waals surface area contributed by atoms with Crippen molar-refractivity contribution in [3.63, 3.8) is 0 Å². The summed E-state index contributed by atoms with van der Waals surface area (Å²) in [7, 11) is 0.